The lowest BCUT2D eigenvalue weighted by Gasteiger charge is -2.07. The van der Waals surface area contributed by atoms with Crippen LogP contribution in [0.25, 0.3) is 0 Å². The summed E-state index contributed by atoms with van der Waals surface area (Å²) in [6, 6.07) is 7.96. The van der Waals surface area contributed by atoms with Gasteiger partial charge in [-0.1, -0.05) is 6.07 Å². The molecular formula is C13H13N3O5S. The number of pyridine rings is 1. The summed E-state index contributed by atoms with van der Waals surface area (Å²) in [6.45, 7) is 0.0519. The molecule has 0 fully saturated rings. The fourth-order valence-electron chi connectivity index (χ4n) is 1.64. The van der Waals surface area contributed by atoms with Crippen LogP contribution in [0.4, 0.5) is 5.69 Å². The summed E-state index contributed by atoms with van der Waals surface area (Å²) in [5.74, 6) is 0.432. The standard InChI is InChI=1S/C13H13N3O5S/c1-21-13-7-2-10(8-14-13)9-15-22(19,20)12-5-3-11(4-6-12)16(17)18/h2-8,15H,9H2,1H3. The molecule has 0 spiro atoms. The summed E-state index contributed by atoms with van der Waals surface area (Å²) < 4.78 is 31.5. The Kier molecular flexibility index (Phi) is 4.68. The molecule has 0 atom stereocenters. The first-order valence-corrected chi connectivity index (χ1v) is 7.64. The predicted octanol–water partition coefficient (Wildman–Crippen LogP) is 1.48. The van der Waals surface area contributed by atoms with Gasteiger partial charge in [-0.25, -0.2) is 18.1 Å². The van der Waals surface area contributed by atoms with Crippen LogP contribution in [-0.2, 0) is 16.6 Å². The van der Waals surface area contributed by atoms with Gasteiger partial charge >= 0.3 is 0 Å². The van der Waals surface area contributed by atoms with E-state index in [9.17, 15) is 18.5 Å². The lowest BCUT2D eigenvalue weighted by Crippen LogP contribution is -2.23. The Morgan fingerprint density at radius 1 is 1.23 bits per heavy atom. The molecule has 22 heavy (non-hydrogen) atoms. The quantitative estimate of drug-likeness (QED) is 0.636. The second kappa shape index (κ2) is 6.50. The Balaban J connectivity index is 2.08. The lowest BCUT2D eigenvalue weighted by molar-refractivity contribution is -0.384. The predicted molar refractivity (Wildman–Crippen MR) is 77.9 cm³/mol. The third-order valence-electron chi connectivity index (χ3n) is 2.83. The molecule has 1 N–H and O–H groups in total. The van der Waals surface area contributed by atoms with Gasteiger partial charge in [-0.3, -0.25) is 10.1 Å². The van der Waals surface area contributed by atoms with Crippen molar-refractivity contribution in [2.45, 2.75) is 11.4 Å². The highest BCUT2D eigenvalue weighted by molar-refractivity contribution is 7.89. The molecule has 2 rings (SSSR count). The minimum Gasteiger partial charge on any atom is -0.481 e. The first kappa shape index (κ1) is 15.9. The van der Waals surface area contributed by atoms with E-state index in [1.54, 1.807) is 12.1 Å². The molecule has 9 heteroatoms. The molecule has 0 unspecified atom stereocenters. The van der Waals surface area contributed by atoms with E-state index in [2.05, 4.69) is 9.71 Å². The van der Waals surface area contributed by atoms with Crippen molar-refractivity contribution in [3.05, 3.63) is 58.3 Å². The number of aromatic nitrogens is 1. The van der Waals surface area contributed by atoms with E-state index in [0.29, 0.717) is 11.4 Å². The van der Waals surface area contributed by atoms with Gasteiger partial charge in [0.1, 0.15) is 0 Å². The molecule has 1 aromatic heterocycles. The zero-order valence-corrected chi connectivity index (χ0v) is 12.4. The van der Waals surface area contributed by atoms with E-state index in [1.807, 2.05) is 0 Å². The second-order valence-corrected chi connectivity index (χ2v) is 6.05. The average molecular weight is 323 g/mol. The van der Waals surface area contributed by atoms with E-state index in [0.717, 1.165) is 12.1 Å². The number of rotatable bonds is 6. The van der Waals surface area contributed by atoms with Crippen molar-refractivity contribution in [2.75, 3.05) is 7.11 Å². The first-order valence-electron chi connectivity index (χ1n) is 6.15. The molecule has 0 saturated carbocycles. The van der Waals surface area contributed by atoms with Crippen molar-refractivity contribution < 1.29 is 18.1 Å². The molecule has 0 bridgehead atoms. The molecule has 0 aliphatic heterocycles. The largest absolute Gasteiger partial charge is 0.481 e. The third kappa shape index (κ3) is 3.77. The Morgan fingerprint density at radius 3 is 2.41 bits per heavy atom. The van der Waals surface area contributed by atoms with Gasteiger partial charge in [0, 0.05) is 30.9 Å². The van der Waals surface area contributed by atoms with E-state index in [-0.39, 0.29) is 17.1 Å². The second-order valence-electron chi connectivity index (χ2n) is 4.28. The Morgan fingerprint density at radius 2 is 1.91 bits per heavy atom. The number of nitrogens with zero attached hydrogens (tertiary/aromatic N) is 2. The number of hydrogen-bond donors (Lipinski definition) is 1. The maximum atomic E-state index is 12.1. The van der Waals surface area contributed by atoms with Crippen LogP contribution in [0.3, 0.4) is 0 Å². The number of nitro groups is 1. The van der Waals surface area contributed by atoms with Crippen LogP contribution in [0.5, 0.6) is 5.88 Å². The van der Waals surface area contributed by atoms with E-state index in [1.165, 1.54) is 25.4 Å². The molecule has 0 radical (unpaired) electrons. The molecule has 116 valence electrons. The SMILES string of the molecule is COc1ccc(CNS(=O)(=O)c2ccc([N+](=O)[O-])cc2)cn1. The highest BCUT2D eigenvalue weighted by Crippen LogP contribution is 2.16. The number of sulfonamides is 1. The van der Waals surface area contributed by atoms with Gasteiger partial charge in [0.25, 0.3) is 5.69 Å². The van der Waals surface area contributed by atoms with Crippen molar-refractivity contribution in [3.63, 3.8) is 0 Å². The number of hydrogen-bond acceptors (Lipinski definition) is 6. The summed E-state index contributed by atoms with van der Waals surface area (Å²) in [5.41, 5.74) is 0.490. The summed E-state index contributed by atoms with van der Waals surface area (Å²) in [7, 11) is -2.26. The van der Waals surface area contributed by atoms with E-state index >= 15 is 0 Å². The van der Waals surface area contributed by atoms with E-state index < -0.39 is 14.9 Å². The zero-order valence-electron chi connectivity index (χ0n) is 11.6. The van der Waals surface area contributed by atoms with Crippen molar-refractivity contribution in [1.82, 2.24) is 9.71 Å². The zero-order chi connectivity index (χ0) is 16.2. The van der Waals surface area contributed by atoms with Crippen molar-refractivity contribution >= 4 is 15.7 Å². The van der Waals surface area contributed by atoms with Crippen LogP contribution in [0, 0.1) is 10.1 Å². The van der Waals surface area contributed by atoms with Crippen LogP contribution in [0.2, 0.25) is 0 Å². The number of nitro benzene ring substituents is 1. The van der Waals surface area contributed by atoms with Crippen LogP contribution in [0.1, 0.15) is 5.56 Å². The van der Waals surface area contributed by atoms with Gasteiger partial charge < -0.3 is 4.74 Å². The molecule has 0 saturated heterocycles. The summed E-state index contributed by atoms with van der Waals surface area (Å²) in [4.78, 5) is 13.9. The summed E-state index contributed by atoms with van der Waals surface area (Å²) >= 11 is 0. The van der Waals surface area contributed by atoms with Gasteiger partial charge in [0.2, 0.25) is 15.9 Å². The smallest absolute Gasteiger partial charge is 0.269 e. The molecule has 0 amide bonds. The van der Waals surface area contributed by atoms with Crippen LogP contribution in [-0.4, -0.2) is 25.4 Å². The Bertz CT molecular complexity index is 757. The molecule has 0 aliphatic rings. The summed E-state index contributed by atoms with van der Waals surface area (Å²) in [5, 5.41) is 10.5. The fourth-order valence-corrected chi connectivity index (χ4v) is 2.66. The van der Waals surface area contributed by atoms with Crippen LogP contribution in [0.15, 0.2) is 47.5 Å². The Hall–Kier alpha value is -2.52. The number of methoxy groups -OCH3 is 1. The molecule has 0 aliphatic carbocycles. The minimum atomic E-state index is -3.75. The molecule has 1 aromatic carbocycles. The molecular weight excluding hydrogens is 310 g/mol. The van der Waals surface area contributed by atoms with Crippen molar-refractivity contribution in [3.8, 4) is 5.88 Å². The first-order chi connectivity index (χ1) is 10.4. The average Bonchev–Trinajstić information content (AvgIpc) is 2.53. The number of non-ortho nitro benzene ring substituents is 1. The van der Waals surface area contributed by atoms with Crippen molar-refractivity contribution in [2.24, 2.45) is 0 Å². The minimum absolute atomic E-state index is 0.0421. The van der Waals surface area contributed by atoms with Gasteiger partial charge in [-0.15, -0.1) is 0 Å². The van der Waals surface area contributed by atoms with Crippen molar-refractivity contribution in [1.29, 1.82) is 0 Å². The normalized spacial score (nSPS) is 11.1. The van der Waals surface area contributed by atoms with Gasteiger partial charge in [0.05, 0.1) is 16.9 Å². The van der Waals surface area contributed by atoms with Gasteiger partial charge in [-0.05, 0) is 17.7 Å². The molecule has 2 aromatic rings. The number of benzene rings is 1. The highest BCUT2D eigenvalue weighted by atomic mass is 32.2. The number of ether oxygens (including phenoxy) is 1. The molecule has 1 heterocycles. The lowest BCUT2D eigenvalue weighted by atomic mass is 10.3. The fraction of sp³-hybridized carbons (Fsp3) is 0.154. The third-order valence-corrected chi connectivity index (χ3v) is 4.25. The summed E-state index contributed by atoms with van der Waals surface area (Å²) in [6.07, 6.45) is 1.50. The maximum absolute atomic E-state index is 12.1. The molecule has 8 nitrogen and oxygen atoms in total. The van der Waals surface area contributed by atoms with E-state index in [4.69, 9.17) is 4.74 Å². The van der Waals surface area contributed by atoms with Gasteiger partial charge in [-0.2, -0.15) is 0 Å². The van der Waals surface area contributed by atoms with Crippen LogP contribution < -0.4 is 9.46 Å². The van der Waals surface area contributed by atoms with Crippen LogP contribution >= 0.6 is 0 Å². The monoisotopic (exact) mass is 323 g/mol. The Labute approximate surface area is 127 Å². The highest BCUT2D eigenvalue weighted by Gasteiger charge is 2.15. The van der Waals surface area contributed by atoms with Gasteiger partial charge in [0.15, 0.2) is 0 Å². The topological polar surface area (TPSA) is 111 Å². The number of nitrogens with one attached hydrogen (secondary N) is 1. The maximum Gasteiger partial charge on any atom is 0.269 e.